The van der Waals surface area contributed by atoms with E-state index >= 15 is 0 Å². The Hall–Kier alpha value is -0.910. The first-order chi connectivity index (χ1) is 14.0. The van der Waals surface area contributed by atoms with E-state index in [0.717, 1.165) is 32.1 Å². The van der Waals surface area contributed by atoms with Crippen LogP contribution in [0, 0.1) is 40.4 Å². The molecule has 4 rings (SSSR count). The molecule has 0 saturated heterocycles. The lowest BCUT2D eigenvalue weighted by molar-refractivity contribution is -0.163. The summed E-state index contributed by atoms with van der Waals surface area (Å²) in [6.45, 7) is 11.9. The van der Waals surface area contributed by atoms with Gasteiger partial charge < -0.3 is 20.1 Å². The van der Waals surface area contributed by atoms with Crippen LogP contribution in [0.1, 0.15) is 72.6 Å². The number of esters is 1. The number of hydrogen-bond acceptors (Lipinski definition) is 5. The molecular formula is C25H40O5. The lowest BCUT2D eigenvalue weighted by Gasteiger charge is -2.61. The van der Waals surface area contributed by atoms with E-state index in [1.54, 1.807) is 6.92 Å². The van der Waals surface area contributed by atoms with E-state index in [1.807, 2.05) is 6.92 Å². The summed E-state index contributed by atoms with van der Waals surface area (Å²) < 4.78 is 5.87. The minimum atomic E-state index is -0.628. The Kier molecular flexibility index (Phi) is 5.64. The molecule has 5 heteroatoms. The van der Waals surface area contributed by atoms with Gasteiger partial charge >= 0.3 is 5.97 Å². The van der Waals surface area contributed by atoms with E-state index in [-0.39, 0.29) is 28.8 Å². The molecule has 0 heterocycles. The van der Waals surface area contributed by atoms with Gasteiger partial charge in [0.1, 0.15) is 6.10 Å². The lowest BCUT2D eigenvalue weighted by atomic mass is 9.44. The van der Waals surface area contributed by atoms with Crippen LogP contribution in [0.5, 0.6) is 0 Å². The highest BCUT2D eigenvalue weighted by Crippen LogP contribution is 2.68. The number of carbonyl (C=O) groups is 1. The average molecular weight is 421 g/mol. The predicted molar refractivity (Wildman–Crippen MR) is 114 cm³/mol. The minimum absolute atomic E-state index is 0.0502. The van der Waals surface area contributed by atoms with Crippen LogP contribution >= 0.6 is 0 Å². The molecule has 30 heavy (non-hydrogen) atoms. The minimum Gasteiger partial charge on any atom is -0.459 e. The van der Waals surface area contributed by atoms with E-state index in [2.05, 4.69) is 20.4 Å². The first-order valence-electron chi connectivity index (χ1n) is 11.9. The Morgan fingerprint density at radius 1 is 1.07 bits per heavy atom. The Bertz CT molecular complexity index is 704. The van der Waals surface area contributed by atoms with E-state index in [0.29, 0.717) is 42.1 Å². The van der Waals surface area contributed by atoms with Crippen molar-refractivity contribution >= 4 is 5.97 Å². The van der Waals surface area contributed by atoms with Gasteiger partial charge in [-0.25, -0.2) is 4.79 Å². The molecule has 170 valence electrons. The molecule has 0 radical (unpaired) electrons. The molecule has 0 bridgehead atoms. The SMILES string of the molecule is C=C(C)C(=O)OC1CC2C3CCC4CC(O)C(O)CC4(C)C3CCC2(C)C1C(C)O. The molecule has 0 aromatic heterocycles. The van der Waals surface area contributed by atoms with Gasteiger partial charge in [0.2, 0.25) is 0 Å². The molecule has 4 aliphatic carbocycles. The van der Waals surface area contributed by atoms with Gasteiger partial charge in [0.15, 0.2) is 0 Å². The molecule has 0 aromatic rings. The maximum Gasteiger partial charge on any atom is 0.333 e. The highest BCUT2D eigenvalue weighted by Gasteiger charge is 2.64. The van der Waals surface area contributed by atoms with Gasteiger partial charge in [-0.3, -0.25) is 0 Å². The zero-order valence-corrected chi connectivity index (χ0v) is 19.0. The highest BCUT2D eigenvalue weighted by molar-refractivity contribution is 5.87. The summed E-state index contributed by atoms with van der Waals surface area (Å²) in [5.74, 6) is 1.48. The predicted octanol–water partition coefficient (Wildman–Crippen LogP) is 3.46. The van der Waals surface area contributed by atoms with Crippen molar-refractivity contribution < 1.29 is 24.9 Å². The number of aliphatic hydroxyl groups excluding tert-OH is 3. The van der Waals surface area contributed by atoms with Crippen LogP contribution in [-0.4, -0.2) is 45.7 Å². The van der Waals surface area contributed by atoms with E-state index in [4.69, 9.17) is 4.74 Å². The van der Waals surface area contributed by atoms with Crippen molar-refractivity contribution in [3.05, 3.63) is 12.2 Å². The van der Waals surface area contributed by atoms with Crippen LogP contribution in [0.2, 0.25) is 0 Å². The smallest absolute Gasteiger partial charge is 0.333 e. The van der Waals surface area contributed by atoms with Crippen molar-refractivity contribution in [2.75, 3.05) is 0 Å². The number of ether oxygens (including phenoxy) is 1. The van der Waals surface area contributed by atoms with Crippen molar-refractivity contribution in [1.29, 1.82) is 0 Å². The van der Waals surface area contributed by atoms with Crippen LogP contribution < -0.4 is 0 Å². The molecule has 4 fully saturated rings. The van der Waals surface area contributed by atoms with Crippen LogP contribution in [0.25, 0.3) is 0 Å². The topological polar surface area (TPSA) is 87.0 Å². The molecule has 11 unspecified atom stereocenters. The molecule has 3 N–H and O–H groups in total. The zero-order chi connectivity index (χ0) is 22.0. The molecule has 0 amide bonds. The molecule has 4 saturated carbocycles. The Morgan fingerprint density at radius 2 is 1.77 bits per heavy atom. The first-order valence-corrected chi connectivity index (χ1v) is 11.9. The lowest BCUT2D eigenvalue weighted by Crippen LogP contribution is -2.57. The van der Waals surface area contributed by atoms with E-state index in [9.17, 15) is 20.1 Å². The summed E-state index contributed by atoms with van der Waals surface area (Å²) in [5.41, 5.74) is 0.404. The first kappa shape index (κ1) is 22.3. The Labute approximate surface area is 180 Å². The monoisotopic (exact) mass is 420 g/mol. The van der Waals surface area contributed by atoms with Gasteiger partial charge in [0.25, 0.3) is 0 Å². The fraction of sp³-hybridized carbons (Fsp3) is 0.880. The van der Waals surface area contributed by atoms with Crippen LogP contribution in [0.4, 0.5) is 0 Å². The largest absolute Gasteiger partial charge is 0.459 e. The second kappa shape index (κ2) is 7.60. The fourth-order valence-corrected chi connectivity index (χ4v) is 8.52. The molecule has 0 spiro atoms. The molecular weight excluding hydrogens is 380 g/mol. The van der Waals surface area contributed by atoms with Crippen molar-refractivity contribution in [2.45, 2.75) is 97.1 Å². The molecule has 0 aromatic carbocycles. The highest BCUT2D eigenvalue weighted by atomic mass is 16.5. The van der Waals surface area contributed by atoms with E-state index in [1.165, 1.54) is 0 Å². The third-order valence-corrected chi connectivity index (χ3v) is 9.90. The van der Waals surface area contributed by atoms with Crippen LogP contribution in [-0.2, 0) is 9.53 Å². The Morgan fingerprint density at radius 3 is 2.40 bits per heavy atom. The molecule has 4 aliphatic rings. The summed E-state index contributed by atoms with van der Waals surface area (Å²) >= 11 is 0. The maximum atomic E-state index is 12.3. The number of aliphatic hydroxyl groups is 3. The third kappa shape index (κ3) is 3.27. The van der Waals surface area contributed by atoms with Gasteiger partial charge in [-0.1, -0.05) is 20.4 Å². The van der Waals surface area contributed by atoms with Crippen molar-refractivity contribution in [3.63, 3.8) is 0 Å². The van der Waals surface area contributed by atoms with Gasteiger partial charge in [-0.2, -0.15) is 0 Å². The van der Waals surface area contributed by atoms with E-state index < -0.39 is 18.3 Å². The van der Waals surface area contributed by atoms with Crippen LogP contribution in [0.15, 0.2) is 12.2 Å². The normalized spacial score (nSPS) is 51.3. The van der Waals surface area contributed by atoms with Gasteiger partial charge in [-0.15, -0.1) is 0 Å². The van der Waals surface area contributed by atoms with Gasteiger partial charge in [-0.05, 0) is 93.3 Å². The second-order valence-corrected chi connectivity index (χ2v) is 11.5. The average Bonchev–Trinajstić information content (AvgIpc) is 2.95. The summed E-state index contributed by atoms with van der Waals surface area (Å²) in [7, 11) is 0. The zero-order valence-electron chi connectivity index (χ0n) is 19.0. The Balaban J connectivity index is 1.62. The summed E-state index contributed by atoms with van der Waals surface area (Å²) in [6, 6.07) is 0. The number of fused-ring (bicyclic) bond motifs is 5. The van der Waals surface area contributed by atoms with Crippen molar-refractivity contribution in [1.82, 2.24) is 0 Å². The number of rotatable bonds is 3. The maximum absolute atomic E-state index is 12.3. The summed E-state index contributed by atoms with van der Waals surface area (Å²) in [6.07, 6.45) is 4.47. The fourth-order valence-electron chi connectivity index (χ4n) is 8.52. The second-order valence-electron chi connectivity index (χ2n) is 11.5. The third-order valence-electron chi connectivity index (χ3n) is 9.90. The van der Waals surface area contributed by atoms with Crippen LogP contribution in [0.3, 0.4) is 0 Å². The number of hydrogen-bond donors (Lipinski definition) is 3. The standard InChI is InChI=1S/C25H40O5/c1-13(2)23(29)30-21-11-18-16-7-6-15-10-19(27)20(28)12-25(15,5)17(16)8-9-24(18,4)22(21)14(3)26/h14-22,26-28H,1,6-12H2,2-5H3. The number of carbonyl (C=O) groups excluding carboxylic acids is 1. The summed E-state index contributed by atoms with van der Waals surface area (Å²) in [5, 5.41) is 31.4. The summed E-state index contributed by atoms with van der Waals surface area (Å²) in [4.78, 5) is 12.3. The molecule has 11 atom stereocenters. The van der Waals surface area contributed by atoms with Gasteiger partial charge in [0, 0.05) is 11.5 Å². The molecule has 5 nitrogen and oxygen atoms in total. The quantitative estimate of drug-likeness (QED) is 0.481. The van der Waals surface area contributed by atoms with Gasteiger partial charge in [0.05, 0.1) is 18.3 Å². The van der Waals surface area contributed by atoms with Crippen molar-refractivity contribution in [2.24, 2.45) is 40.4 Å². The molecule has 0 aliphatic heterocycles. The van der Waals surface area contributed by atoms with Crippen molar-refractivity contribution in [3.8, 4) is 0 Å².